The minimum absolute atomic E-state index is 0.106. The van der Waals surface area contributed by atoms with Gasteiger partial charge in [-0.25, -0.2) is 0 Å². The van der Waals surface area contributed by atoms with Crippen LogP contribution in [0.3, 0.4) is 0 Å². The zero-order chi connectivity index (χ0) is 10.0. The molecule has 2 N–H and O–H groups in total. The maximum Gasteiger partial charge on any atom is 0.268 e. The second-order valence-electron chi connectivity index (χ2n) is 2.96. The van der Waals surface area contributed by atoms with Gasteiger partial charge in [0.05, 0.1) is 0 Å². The van der Waals surface area contributed by atoms with Crippen molar-refractivity contribution in [3.05, 3.63) is 16.2 Å². The Labute approximate surface area is 80.4 Å². The van der Waals surface area contributed by atoms with Gasteiger partial charge in [-0.2, -0.15) is 4.98 Å². The van der Waals surface area contributed by atoms with Crippen molar-refractivity contribution >= 4 is 11.8 Å². The molecule has 4 nitrogen and oxygen atoms in total. The van der Waals surface area contributed by atoms with Crippen LogP contribution in [0, 0.1) is 0 Å². The highest BCUT2D eigenvalue weighted by atomic mass is 32.2. The highest BCUT2D eigenvalue weighted by Gasteiger charge is 2.10. The largest absolute Gasteiger partial charge is 0.492 e. The standard InChI is InChI=1S/C8H12N2O2S/c1-4(2)6-9-7(11)5(13-3)8(12)10-6/h4H,1-3H3,(H2,9,10,11,12). The van der Waals surface area contributed by atoms with Gasteiger partial charge in [0.1, 0.15) is 10.7 Å². The van der Waals surface area contributed by atoms with Crippen molar-refractivity contribution in [3.63, 3.8) is 0 Å². The second kappa shape index (κ2) is 3.83. The third-order valence-corrected chi connectivity index (χ3v) is 2.40. The summed E-state index contributed by atoms with van der Waals surface area (Å²) in [5, 5.41) is 9.37. The maximum atomic E-state index is 11.3. The predicted molar refractivity (Wildman–Crippen MR) is 52.4 cm³/mol. The number of aromatic hydroxyl groups is 1. The fourth-order valence-corrected chi connectivity index (χ4v) is 1.39. The van der Waals surface area contributed by atoms with Gasteiger partial charge in [0.25, 0.3) is 5.56 Å². The predicted octanol–water partition coefficient (Wildman–Crippen LogP) is 1.32. The number of aromatic nitrogens is 2. The first-order chi connectivity index (χ1) is 6.06. The van der Waals surface area contributed by atoms with Crippen molar-refractivity contribution < 1.29 is 5.11 Å². The van der Waals surface area contributed by atoms with Gasteiger partial charge in [-0.1, -0.05) is 13.8 Å². The van der Waals surface area contributed by atoms with Crippen LogP contribution in [0.25, 0.3) is 0 Å². The summed E-state index contributed by atoms with van der Waals surface area (Å²) in [5.74, 6) is 0.440. The van der Waals surface area contributed by atoms with E-state index in [9.17, 15) is 9.90 Å². The van der Waals surface area contributed by atoms with E-state index in [4.69, 9.17) is 0 Å². The molecule has 0 aliphatic carbocycles. The molecule has 1 heterocycles. The van der Waals surface area contributed by atoms with Crippen LogP contribution in [-0.2, 0) is 0 Å². The van der Waals surface area contributed by atoms with Gasteiger partial charge in [-0.3, -0.25) is 4.79 Å². The molecule has 0 aromatic carbocycles. The summed E-state index contributed by atoms with van der Waals surface area (Å²) in [5.41, 5.74) is -0.274. The van der Waals surface area contributed by atoms with Crippen molar-refractivity contribution in [1.29, 1.82) is 0 Å². The zero-order valence-corrected chi connectivity index (χ0v) is 8.60. The van der Waals surface area contributed by atoms with E-state index in [1.54, 1.807) is 6.26 Å². The van der Waals surface area contributed by atoms with E-state index >= 15 is 0 Å². The first-order valence-corrected chi connectivity index (χ1v) is 5.16. The Morgan fingerprint density at radius 1 is 1.54 bits per heavy atom. The maximum absolute atomic E-state index is 11.3. The molecule has 0 radical (unpaired) electrons. The third-order valence-electron chi connectivity index (χ3n) is 1.63. The highest BCUT2D eigenvalue weighted by Crippen LogP contribution is 2.20. The molecular weight excluding hydrogens is 188 g/mol. The molecule has 0 saturated carbocycles. The summed E-state index contributed by atoms with van der Waals surface area (Å²) >= 11 is 1.19. The molecular formula is C8H12N2O2S. The molecule has 0 aliphatic rings. The topological polar surface area (TPSA) is 66.0 Å². The number of nitrogens with one attached hydrogen (secondary N) is 1. The lowest BCUT2D eigenvalue weighted by atomic mass is 10.2. The molecule has 0 spiro atoms. The fourth-order valence-electron chi connectivity index (χ4n) is 0.925. The van der Waals surface area contributed by atoms with Crippen LogP contribution in [-0.4, -0.2) is 21.3 Å². The molecule has 0 fully saturated rings. The van der Waals surface area contributed by atoms with E-state index < -0.39 is 0 Å². The van der Waals surface area contributed by atoms with Gasteiger partial charge < -0.3 is 10.1 Å². The second-order valence-corrected chi connectivity index (χ2v) is 3.78. The van der Waals surface area contributed by atoms with E-state index in [2.05, 4.69) is 9.97 Å². The summed E-state index contributed by atoms with van der Waals surface area (Å²) in [6, 6.07) is 0. The van der Waals surface area contributed by atoms with Gasteiger partial charge >= 0.3 is 0 Å². The lowest BCUT2D eigenvalue weighted by Crippen LogP contribution is -2.14. The van der Waals surface area contributed by atoms with E-state index in [-0.39, 0.29) is 22.3 Å². The van der Waals surface area contributed by atoms with Crippen LogP contribution in [0.15, 0.2) is 9.69 Å². The summed E-state index contributed by atoms with van der Waals surface area (Å²) in [4.78, 5) is 18.1. The van der Waals surface area contributed by atoms with Gasteiger partial charge in [0.2, 0.25) is 5.88 Å². The van der Waals surface area contributed by atoms with Crippen molar-refractivity contribution in [2.24, 2.45) is 0 Å². The average molecular weight is 200 g/mol. The number of thioether (sulfide) groups is 1. The van der Waals surface area contributed by atoms with Crippen LogP contribution in [0.1, 0.15) is 25.6 Å². The third kappa shape index (κ3) is 2.03. The van der Waals surface area contributed by atoms with Crippen molar-refractivity contribution in [2.45, 2.75) is 24.7 Å². The molecule has 0 atom stereocenters. The Morgan fingerprint density at radius 2 is 2.15 bits per heavy atom. The summed E-state index contributed by atoms with van der Waals surface area (Å²) in [6.45, 7) is 3.80. The molecule has 0 amide bonds. The number of hydrogen-bond donors (Lipinski definition) is 2. The fraction of sp³-hybridized carbons (Fsp3) is 0.500. The Kier molecular flexibility index (Phi) is 2.98. The Bertz CT molecular complexity index is 360. The van der Waals surface area contributed by atoms with Crippen LogP contribution in [0.5, 0.6) is 5.88 Å². The SMILES string of the molecule is CSc1c(O)nc(C(C)C)[nH]c1=O. The monoisotopic (exact) mass is 200 g/mol. The first-order valence-electron chi connectivity index (χ1n) is 3.93. The Morgan fingerprint density at radius 3 is 2.54 bits per heavy atom. The highest BCUT2D eigenvalue weighted by molar-refractivity contribution is 7.98. The normalized spacial score (nSPS) is 10.8. The van der Waals surface area contributed by atoms with Gasteiger partial charge in [-0.05, 0) is 6.26 Å². The number of aromatic amines is 1. The van der Waals surface area contributed by atoms with Crippen LogP contribution >= 0.6 is 11.8 Å². The number of hydrogen-bond acceptors (Lipinski definition) is 4. The number of nitrogens with zero attached hydrogens (tertiary/aromatic N) is 1. The van der Waals surface area contributed by atoms with Crippen LogP contribution < -0.4 is 5.56 Å². The summed E-state index contributed by atoms with van der Waals surface area (Å²) in [7, 11) is 0. The lowest BCUT2D eigenvalue weighted by molar-refractivity contribution is 0.430. The first kappa shape index (κ1) is 10.1. The Hall–Kier alpha value is -0.970. The molecule has 0 saturated heterocycles. The van der Waals surface area contributed by atoms with Crippen molar-refractivity contribution in [3.8, 4) is 5.88 Å². The van der Waals surface area contributed by atoms with E-state index in [1.807, 2.05) is 13.8 Å². The van der Waals surface area contributed by atoms with Crippen LogP contribution in [0.4, 0.5) is 0 Å². The lowest BCUT2D eigenvalue weighted by Gasteiger charge is -2.05. The van der Waals surface area contributed by atoms with E-state index in [1.165, 1.54) is 11.8 Å². The van der Waals surface area contributed by atoms with E-state index in [0.29, 0.717) is 5.82 Å². The van der Waals surface area contributed by atoms with Gasteiger partial charge in [-0.15, -0.1) is 11.8 Å². The molecule has 0 bridgehead atoms. The summed E-state index contributed by atoms with van der Waals surface area (Å²) < 4.78 is 0. The molecule has 5 heteroatoms. The minimum atomic E-state index is -0.274. The molecule has 0 unspecified atom stereocenters. The molecule has 0 aliphatic heterocycles. The summed E-state index contributed by atoms with van der Waals surface area (Å²) in [6.07, 6.45) is 1.72. The zero-order valence-electron chi connectivity index (χ0n) is 7.79. The van der Waals surface area contributed by atoms with Gasteiger partial charge in [0, 0.05) is 5.92 Å². The van der Waals surface area contributed by atoms with Gasteiger partial charge in [0.15, 0.2) is 0 Å². The molecule has 13 heavy (non-hydrogen) atoms. The van der Waals surface area contributed by atoms with Crippen molar-refractivity contribution in [2.75, 3.05) is 6.26 Å². The molecule has 1 aromatic heterocycles. The molecule has 1 aromatic rings. The quantitative estimate of drug-likeness (QED) is 0.707. The Balaban J connectivity index is 3.29. The average Bonchev–Trinajstić information content (AvgIpc) is 2.03. The smallest absolute Gasteiger partial charge is 0.268 e. The van der Waals surface area contributed by atoms with Crippen molar-refractivity contribution in [1.82, 2.24) is 9.97 Å². The van der Waals surface area contributed by atoms with Crippen LogP contribution in [0.2, 0.25) is 0 Å². The molecule has 72 valence electrons. The van der Waals surface area contributed by atoms with E-state index in [0.717, 1.165) is 0 Å². The number of rotatable bonds is 2. The minimum Gasteiger partial charge on any atom is -0.492 e. The number of H-pyrrole nitrogens is 1. The molecule has 1 rings (SSSR count).